The third-order valence-electron chi connectivity index (χ3n) is 2.85. The van der Waals surface area contributed by atoms with Crippen molar-refractivity contribution in [3.8, 4) is 6.07 Å². The highest BCUT2D eigenvalue weighted by molar-refractivity contribution is 6.00. The second-order valence-corrected chi connectivity index (χ2v) is 4.96. The molecule has 0 fully saturated rings. The lowest BCUT2D eigenvalue weighted by molar-refractivity contribution is -0.189. The highest BCUT2D eigenvalue weighted by Gasteiger charge is 2.67. The van der Waals surface area contributed by atoms with E-state index < -0.39 is 29.1 Å². The zero-order chi connectivity index (χ0) is 15.7. The quantitative estimate of drug-likeness (QED) is 0.823. The number of allylic oxidation sites excluding steroid dienone is 1. The molecule has 1 heterocycles. The average Bonchev–Trinajstić information content (AvgIpc) is 2.48. The van der Waals surface area contributed by atoms with Crippen molar-refractivity contribution >= 4 is 11.8 Å². The molecule has 2 amide bonds. The topological polar surface area (TPSA) is 82.0 Å². The summed E-state index contributed by atoms with van der Waals surface area (Å²) in [5.74, 6) is -2.58. The summed E-state index contributed by atoms with van der Waals surface area (Å²) in [5.41, 5.74) is -4.33. The van der Waals surface area contributed by atoms with Crippen LogP contribution in [0, 0.1) is 17.2 Å². The first kappa shape index (κ1) is 16.0. The van der Waals surface area contributed by atoms with Crippen LogP contribution in [-0.2, 0) is 9.59 Å². The van der Waals surface area contributed by atoms with E-state index in [0.717, 1.165) is 0 Å². The van der Waals surface area contributed by atoms with Crippen LogP contribution in [0.5, 0.6) is 0 Å². The summed E-state index contributed by atoms with van der Waals surface area (Å²) in [6.07, 6.45) is -5.28. The van der Waals surface area contributed by atoms with Crippen LogP contribution in [0.3, 0.4) is 0 Å². The van der Waals surface area contributed by atoms with Gasteiger partial charge in [-0.1, -0.05) is 13.8 Å². The molecule has 1 aliphatic heterocycles. The van der Waals surface area contributed by atoms with Crippen molar-refractivity contribution in [1.82, 2.24) is 10.6 Å². The number of carbonyl (C=O) groups excluding carboxylic acids is 2. The van der Waals surface area contributed by atoms with Crippen LogP contribution in [0.15, 0.2) is 11.3 Å². The number of nitriles is 1. The van der Waals surface area contributed by atoms with Crippen molar-refractivity contribution in [1.29, 1.82) is 5.26 Å². The zero-order valence-electron chi connectivity index (χ0n) is 11.2. The lowest BCUT2D eigenvalue weighted by Gasteiger charge is -2.30. The molecule has 110 valence electrons. The highest BCUT2D eigenvalue weighted by atomic mass is 19.4. The van der Waals surface area contributed by atoms with Gasteiger partial charge in [-0.25, -0.2) is 0 Å². The van der Waals surface area contributed by atoms with Gasteiger partial charge in [0.1, 0.15) is 0 Å². The van der Waals surface area contributed by atoms with Crippen molar-refractivity contribution in [3.63, 3.8) is 0 Å². The molecule has 1 rings (SSSR count). The molecule has 20 heavy (non-hydrogen) atoms. The lowest BCUT2D eigenvalue weighted by atomic mass is 9.89. The molecule has 5 nitrogen and oxygen atoms in total. The summed E-state index contributed by atoms with van der Waals surface area (Å²) in [5, 5.41) is 12.5. The minimum absolute atomic E-state index is 0.178. The molecule has 0 aromatic carbocycles. The van der Waals surface area contributed by atoms with E-state index >= 15 is 0 Å². The van der Waals surface area contributed by atoms with Crippen LogP contribution < -0.4 is 10.6 Å². The number of rotatable bonds is 3. The number of hydrogen-bond acceptors (Lipinski definition) is 3. The number of carbonyl (C=O) groups is 2. The molecule has 0 aliphatic carbocycles. The highest BCUT2D eigenvalue weighted by Crippen LogP contribution is 2.40. The van der Waals surface area contributed by atoms with Crippen LogP contribution in [0.4, 0.5) is 13.2 Å². The molecule has 0 radical (unpaired) electrons. The number of hydrogen-bond donors (Lipinski definition) is 2. The summed E-state index contributed by atoms with van der Waals surface area (Å²) in [4.78, 5) is 23.4. The van der Waals surface area contributed by atoms with E-state index in [1.807, 2.05) is 5.32 Å². The maximum Gasteiger partial charge on any atom is 0.425 e. The average molecular weight is 289 g/mol. The van der Waals surface area contributed by atoms with Gasteiger partial charge >= 0.3 is 6.18 Å². The number of nitrogens with zero attached hydrogens (tertiary/aromatic N) is 1. The number of nitrogens with one attached hydrogen (secondary N) is 2. The van der Waals surface area contributed by atoms with Crippen molar-refractivity contribution in [3.05, 3.63) is 11.3 Å². The van der Waals surface area contributed by atoms with Gasteiger partial charge in [-0.2, -0.15) is 18.4 Å². The second-order valence-electron chi connectivity index (χ2n) is 4.96. The Labute approximate surface area is 113 Å². The van der Waals surface area contributed by atoms with E-state index in [-0.39, 0.29) is 18.0 Å². The summed E-state index contributed by atoms with van der Waals surface area (Å²) in [6, 6.07) is 1.36. The standard InChI is InChI=1S/C12H14F3N3O2/c1-6(2)4-9(19)18-11(12(13,14)15)8(5-16)7(3)17-10(11)20/h6H,4H2,1-3H3,(H,17,20)(H,18,19)/t11-/m0/s1. The first-order chi connectivity index (χ1) is 9.06. The van der Waals surface area contributed by atoms with E-state index in [4.69, 9.17) is 5.26 Å². The second kappa shape index (κ2) is 5.15. The predicted octanol–water partition coefficient (Wildman–Crippen LogP) is 1.38. The Bertz CT molecular complexity index is 517. The van der Waals surface area contributed by atoms with Gasteiger partial charge in [0, 0.05) is 12.1 Å². The van der Waals surface area contributed by atoms with Crippen molar-refractivity contribution < 1.29 is 22.8 Å². The fraction of sp³-hybridized carbons (Fsp3) is 0.583. The first-order valence-corrected chi connectivity index (χ1v) is 5.87. The Hall–Kier alpha value is -2.04. The van der Waals surface area contributed by atoms with Crippen molar-refractivity contribution in [2.75, 3.05) is 0 Å². The van der Waals surface area contributed by atoms with E-state index in [2.05, 4.69) is 0 Å². The number of alkyl halides is 3. The largest absolute Gasteiger partial charge is 0.425 e. The molecule has 2 N–H and O–H groups in total. The van der Waals surface area contributed by atoms with Crippen LogP contribution in [0.25, 0.3) is 0 Å². The Kier molecular flexibility index (Phi) is 4.12. The Morgan fingerprint density at radius 1 is 1.50 bits per heavy atom. The van der Waals surface area contributed by atoms with Gasteiger partial charge in [0.05, 0.1) is 11.6 Å². The maximum absolute atomic E-state index is 13.3. The third kappa shape index (κ3) is 2.48. The van der Waals surface area contributed by atoms with E-state index in [0.29, 0.717) is 0 Å². The van der Waals surface area contributed by atoms with Gasteiger partial charge in [0.15, 0.2) is 0 Å². The molecule has 0 spiro atoms. The van der Waals surface area contributed by atoms with Gasteiger partial charge in [0.2, 0.25) is 5.91 Å². The van der Waals surface area contributed by atoms with E-state index in [9.17, 15) is 22.8 Å². The summed E-state index contributed by atoms with van der Waals surface area (Å²) < 4.78 is 39.9. The molecular formula is C12H14F3N3O2. The summed E-state index contributed by atoms with van der Waals surface area (Å²) in [7, 11) is 0. The Morgan fingerprint density at radius 3 is 2.45 bits per heavy atom. The zero-order valence-corrected chi connectivity index (χ0v) is 11.2. The number of amides is 2. The van der Waals surface area contributed by atoms with Crippen molar-refractivity contribution in [2.24, 2.45) is 5.92 Å². The first-order valence-electron chi connectivity index (χ1n) is 5.87. The molecule has 8 heteroatoms. The van der Waals surface area contributed by atoms with E-state index in [1.165, 1.54) is 13.0 Å². The van der Waals surface area contributed by atoms with E-state index in [1.54, 1.807) is 19.2 Å². The summed E-state index contributed by atoms with van der Waals surface area (Å²) >= 11 is 0. The molecule has 0 saturated carbocycles. The molecule has 0 unspecified atom stereocenters. The van der Waals surface area contributed by atoms with Gasteiger partial charge in [-0.15, -0.1) is 0 Å². The molecule has 1 aliphatic rings. The van der Waals surface area contributed by atoms with Gasteiger partial charge in [0.25, 0.3) is 11.4 Å². The van der Waals surface area contributed by atoms with Crippen LogP contribution >= 0.6 is 0 Å². The SMILES string of the molecule is CC1=C(C#N)[C@@](NC(=O)CC(C)C)(C(F)(F)F)C(=O)N1. The van der Waals surface area contributed by atoms with Crippen LogP contribution in [0.1, 0.15) is 27.2 Å². The smallest absolute Gasteiger partial charge is 0.330 e. The molecule has 0 bridgehead atoms. The van der Waals surface area contributed by atoms with Crippen LogP contribution in [-0.4, -0.2) is 23.5 Å². The van der Waals surface area contributed by atoms with Gasteiger partial charge in [-0.05, 0) is 12.8 Å². The fourth-order valence-corrected chi connectivity index (χ4v) is 1.98. The third-order valence-corrected chi connectivity index (χ3v) is 2.85. The molecule has 1 atom stereocenters. The van der Waals surface area contributed by atoms with Crippen molar-refractivity contribution in [2.45, 2.75) is 38.9 Å². The minimum atomic E-state index is -5.10. The van der Waals surface area contributed by atoms with Gasteiger partial charge < -0.3 is 10.6 Å². The minimum Gasteiger partial charge on any atom is -0.330 e. The number of halogens is 3. The maximum atomic E-state index is 13.3. The Morgan fingerprint density at radius 2 is 2.05 bits per heavy atom. The molecule has 0 saturated heterocycles. The molecular weight excluding hydrogens is 275 g/mol. The molecule has 0 aromatic rings. The van der Waals surface area contributed by atoms with Gasteiger partial charge in [-0.3, -0.25) is 9.59 Å². The lowest BCUT2D eigenvalue weighted by Crippen LogP contribution is -2.65. The normalized spacial score (nSPS) is 22.8. The molecule has 0 aromatic heterocycles. The van der Waals surface area contributed by atoms with Crippen LogP contribution in [0.2, 0.25) is 0 Å². The predicted molar refractivity (Wildman–Crippen MR) is 62.8 cm³/mol. The fourth-order valence-electron chi connectivity index (χ4n) is 1.98. The monoisotopic (exact) mass is 289 g/mol. The summed E-state index contributed by atoms with van der Waals surface area (Å²) in [6.45, 7) is 4.49. The Balaban J connectivity index is 3.30.